The van der Waals surface area contributed by atoms with Crippen LogP contribution in [0.2, 0.25) is 0 Å². The molecule has 1 amide bonds. The highest BCUT2D eigenvalue weighted by Gasteiger charge is 2.18. The zero-order valence-electron chi connectivity index (χ0n) is 17.8. The molecule has 0 bridgehead atoms. The number of methoxy groups -OCH3 is 1. The van der Waals surface area contributed by atoms with Crippen LogP contribution < -0.4 is 10.1 Å². The zero-order valence-corrected chi connectivity index (χ0v) is 17.8. The second kappa shape index (κ2) is 7.47. The van der Waals surface area contributed by atoms with Gasteiger partial charge in [-0.15, -0.1) is 0 Å². The summed E-state index contributed by atoms with van der Waals surface area (Å²) in [6.45, 7) is 3.91. The first-order chi connectivity index (χ1) is 15.0. The summed E-state index contributed by atoms with van der Waals surface area (Å²) in [7, 11) is 1.62. The Balaban J connectivity index is 1.40. The van der Waals surface area contributed by atoms with Crippen molar-refractivity contribution in [2.75, 3.05) is 12.4 Å². The molecule has 0 unspecified atom stereocenters. The number of aryl methyl sites for hydroxylation is 1. The number of fused-ring (bicyclic) bond motifs is 4. The Hall–Kier alpha value is -3.79. The van der Waals surface area contributed by atoms with E-state index in [1.807, 2.05) is 32.0 Å². The molecule has 154 valence electrons. The number of ether oxygens (including phenoxy) is 1. The van der Waals surface area contributed by atoms with Crippen molar-refractivity contribution in [2.45, 2.75) is 20.3 Å². The molecule has 0 saturated heterocycles. The number of carbonyl (C=O) groups is 1. The highest BCUT2D eigenvalue weighted by molar-refractivity contribution is 6.05. The van der Waals surface area contributed by atoms with Gasteiger partial charge in [-0.1, -0.05) is 30.3 Å². The lowest BCUT2D eigenvalue weighted by Crippen LogP contribution is -2.09. The number of carbonyl (C=O) groups excluding carboxylic acids is 1. The molecule has 1 aliphatic rings. The van der Waals surface area contributed by atoms with Crippen molar-refractivity contribution in [1.82, 2.24) is 0 Å². The lowest BCUT2D eigenvalue weighted by Gasteiger charge is -2.10. The number of rotatable bonds is 4. The number of allylic oxidation sites excluding steroid dienone is 1. The third-order valence-electron chi connectivity index (χ3n) is 5.92. The molecule has 5 rings (SSSR count). The molecule has 4 heteroatoms. The molecular weight excluding hydrogens is 386 g/mol. The van der Waals surface area contributed by atoms with Gasteiger partial charge in [0.25, 0.3) is 0 Å². The standard InChI is InChI=1S/C27H23NO3/c1-16(23-13-24-17(2)15-31-26(24)14-25(23)30-3)10-27(29)28-20-8-9-22-19(12-20)11-18-6-4-5-7-21(18)22/h4-10,12-15H,11H2,1-3H3,(H,28,29)/b16-10+. The van der Waals surface area contributed by atoms with Gasteiger partial charge in [0.15, 0.2) is 0 Å². The number of furan rings is 1. The second-order valence-corrected chi connectivity index (χ2v) is 7.99. The van der Waals surface area contributed by atoms with E-state index in [9.17, 15) is 4.79 Å². The van der Waals surface area contributed by atoms with Gasteiger partial charge in [-0.3, -0.25) is 4.79 Å². The minimum atomic E-state index is -0.168. The maximum absolute atomic E-state index is 12.7. The first kappa shape index (κ1) is 19.2. The van der Waals surface area contributed by atoms with Crippen molar-refractivity contribution in [3.05, 3.63) is 89.2 Å². The Kier molecular flexibility index (Phi) is 4.63. The Morgan fingerprint density at radius 2 is 1.87 bits per heavy atom. The van der Waals surface area contributed by atoms with Crippen molar-refractivity contribution in [1.29, 1.82) is 0 Å². The molecule has 0 saturated carbocycles. The van der Waals surface area contributed by atoms with E-state index >= 15 is 0 Å². The average molecular weight is 409 g/mol. The predicted molar refractivity (Wildman–Crippen MR) is 124 cm³/mol. The summed E-state index contributed by atoms with van der Waals surface area (Å²) in [4.78, 5) is 12.7. The number of hydrogen-bond donors (Lipinski definition) is 1. The summed E-state index contributed by atoms with van der Waals surface area (Å²) < 4.78 is 11.1. The van der Waals surface area contributed by atoms with Gasteiger partial charge in [0.1, 0.15) is 11.3 Å². The summed E-state index contributed by atoms with van der Waals surface area (Å²) >= 11 is 0. The van der Waals surface area contributed by atoms with Gasteiger partial charge in [0.05, 0.1) is 13.4 Å². The topological polar surface area (TPSA) is 51.5 Å². The third-order valence-corrected chi connectivity index (χ3v) is 5.92. The van der Waals surface area contributed by atoms with E-state index in [0.29, 0.717) is 5.75 Å². The van der Waals surface area contributed by atoms with E-state index in [1.54, 1.807) is 19.4 Å². The highest BCUT2D eigenvalue weighted by atomic mass is 16.5. The van der Waals surface area contributed by atoms with Gasteiger partial charge in [0.2, 0.25) is 5.91 Å². The van der Waals surface area contributed by atoms with E-state index in [-0.39, 0.29) is 5.91 Å². The summed E-state index contributed by atoms with van der Waals surface area (Å²) in [5.74, 6) is 0.512. The molecule has 1 aliphatic carbocycles. The number of hydrogen-bond acceptors (Lipinski definition) is 3. The summed E-state index contributed by atoms with van der Waals surface area (Å²) in [5, 5.41) is 4.02. The van der Waals surface area contributed by atoms with Crippen molar-refractivity contribution < 1.29 is 13.9 Å². The van der Waals surface area contributed by atoms with Crippen LogP contribution in [-0.2, 0) is 11.2 Å². The van der Waals surface area contributed by atoms with Gasteiger partial charge in [0, 0.05) is 28.8 Å². The maximum atomic E-state index is 12.7. The minimum Gasteiger partial charge on any atom is -0.496 e. The molecule has 0 fully saturated rings. The predicted octanol–water partition coefficient (Wildman–Crippen LogP) is 6.36. The minimum absolute atomic E-state index is 0.168. The van der Waals surface area contributed by atoms with Crippen LogP contribution >= 0.6 is 0 Å². The number of amides is 1. The van der Waals surface area contributed by atoms with Crippen LogP contribution in [0.5, 0.6) is 5.75 Å². The largest absolute Gasteiger partial charge is 0.496 e. The normalized spacial score (nSPS) is 12.5. The van der Waals surface area contributed by atoms with E-state index < -0.39 is 0 Å². The van der Waals surface area contributed by atoms with Crippen molar-refractivity contribution >= 4 is 28.1 Å². The molecular formula is C27H23NO3. The molecule has 0 spiro atoms. The molecule has 0 atom stereocenters. The summed E-state index contributed by atoms with van der Waals surface area (Å²) in [5.41, 5.74) is 9.41. The van der Waals surface area contributed by atoms with Gasteiger partial charge in [-0.2, -0.15) is 0 Å². The number of benzene rings is 3. The zero-order chi connectivity index (χ0) is 21.5. The Morgan fingerprint density at radius 3 is 2.71 bits per heavy atom. The van der Waals surface area contributed by atoms with Crippen LogP contribution in [0.3, 0.4) is 0 Å². The molecule has 1 N–H and O–H groups in total. The lowest BCUT2D eigenvalue weighted by atomic mass is 10.0. The summed E-state index contributed by atoms with van der Waals surface area (Å²) in [6.07, 6.45) is 4.23. The average Bonchev–Trinajstić information content (AvgIpc) is 3.32. The van der Waals surface area contributed by atoms with Gasteiger partial charge in [-0.25, -0.2) is 0 Å². The maximum Gasteiger partial charge on any atom is 0.248 e. The van der Waals surface area contributed by atoms with Crippen LogP contribution in [0.15, 0.2) is 71.4 Å². The molecule has 1 aromatic heterocycles. The molecule has 3 aromatic carbocycles. The van der Waals surface area contributed by atoms with E-state index in [1.165, 1.54) is 22.3 Å². The molecule has 0 aliphatic heterocycles. The van der Waals surface area contributed by atoms with Gasteiger partial charge >= 0.3 is 0 Å². The fraction of sp³-hybridized carbons (Fsp3) is 0.148. The van der Waals surface area contributed by atoms with Crippen LogP contribution in [0.25, 0.3) is 27.7 Å². The number of nitrogens with one attached hydrogen (secondary N) is 1. The van der Waals surface area contributed by atoms with Crippen LogP contribution in [0.1, 0.15) is 29.2 Å². The lowest BCUT2D eigenvalue weighted by molar-refractivity contribution is -0.111. The first-order valence-electron chi connectivity index (χ1n) is 10.3. The van der Waals surface area contributed by atoms with E-state index in [2.05, 4.69) is 41.7 Å². The Morgan fingerprint density at radius 1 is 1.06 bits per heavy atom. The quantitative estimate of drug-likeness (QED) is 0.351. The van der Waals surface area contributed by atoms with E-state index in [0.717, 1.165) is 39.8 Å². The fourth-order valence-electron chi connectivity index (χ4n) is 4.33. The monoisotopic (exact) mass is 409 g/mol. The van der Waals surface area contributed by atoms with Crippen LogP contribution in [-0.4, -0.2) is 13.0 Å². The molecule has 1 heterocycles. The smallest absolute Gasteiger partial charge is 0.248 e. The Bertz CT molecular complexity index is 1360. The highest BCUT2D eigenvalue weighted by Crippen LogP contribution is 2.38. The molecule has 4 nitrogen and oxygen atoms in total. The van der Waals surface area contributed by atoms with Gasteiger partial charge < -0.3 is 14.5 Å². The Labute approximate surface area is 181 Å². The number of anilines is 1. The molecule has 4 aromatic rings. The first-order valence-corrected chi connectivity index (χ1v) is 10.3. The van der Waals surface area contributed by atoms with Crippen LogP contribution in [0, 0.1) is 6.92 Å². The van der Waals surface area contributed by atoms with Crippen molar-refractivity contribution in [3.63, 3.8) is 0 Å². The fourth-order valence-corrected chi connectivity index (χ4v) is 4.33. The molecule has 31 heavy (non-hydrogen) atoms. The second-order valence-electron chi connectivity index (χ2n) is 7.99. The third kappa shape index (κ3) is 3.40. The van der Waals surface area contributed by atoms with Crippen LogP contribution in [0.4, 0.5) is 5.69 Å². The van der Waals surface area contributed by atoms with E-state index in [4.69, 9.17) is 9.15 Å². The van der Waals surface area contributed by atoms with Crippen molar-refractivity contribution in [2.24, 2.45) is 0 Å². The summed E-state index contributed by atoms with van der Waals surface area (Å²) in [6, 6.07) is 18.4. The van der Waals surface area contributed by atoms with Crippen molar-refractivity contribution in [3.8, 4) is 16.9 Å². The molecule has 0 radical (unpaired) electrons. The van der Waals surface area contributed by atoms with Gasteiger partial charge in [-0.05, 0) is 71.9 Å². The SMILES string of the molecule is COc1cc2occ(C)c2cc1/C(C)=C/C(=O)Nc1ccc2c(c1)Cc1ccccc1-2.